The van der Waals surface area contributed by atoms with E-state index in [4.69, 9.17) is 0 Å². The molecule has 4 saturated carbocycles. The van der Waals surface area contributed by atoms with E-state index in [1.54, 1.807) is 0 Å². The molecule has 21 heavy (non-hydrogen) atoms. The summed E-state index contributed by atoms with van der Waals surface area (Å²) in [5.74, 6) is 2.70. The number of rotatable bonds is 2. The van der Waals surface area contributed by atoms with E-state index in [0.717, 1.165) is 18.8 Å². The summed E-state index contributed by atoms with van der Waals surface area (Å²) in [7, 11) is 0. The molecule has 0 aromatic carbocycles. The monoisotopic (exact) mass is 300 g/mol. The van der Waals surface area contributed by atoms with Crippen molar-refractivity contribution in [2.45, 2.75) is 65.0 Å². The van der Waals surface area contributed by atoms with Crippen molar-refractivity contribution < 1.29 is 13.2 Å². The second kappa shape index (κ2) is 4.41. The minimum absolute atomic E-state index is 0.100. The molecule has 0 aromatic rings. The average molecular weight is 300 g/mol. The van der Waals surface area contributed by atoms with Crippen LogP contribution in [0, 0.1) is 46.8 Å². The van der Waals surface area contributed by atoms with Gasteiger partial charge < -0.3 is 0 Å². The quantitative estimate of drug-likeness (QED) is 0.616. The maximum atomic E-state index is 14.1. The summed E-state index contributed by atoms with van der Waals surface area (Å²) in [5.41, 5.74) is -1.33. The van der Waals surface area contributed by atoms with E-state index in [0.29, 0.717) is 36.5 Å². The molecule has 0 N–H and O–H groups in total. The molecule has 4 rings (SSSR count). The summed E-state index contributed by atoms with van der Waals surface area (Å²) in [4.78, 5) is 0. The molecule has 0 heterocycles. The Balaban J connectivity index is 1.61. The molecule has 0 aliphatic heterocycles. The standard InChI is InChI=1S/C18H27F3/c1-10-11(2)16-7-14(10)8-17(16,18(19,20)21)9-15-6-12-3-4-13(15)5-12/h10-16H,3-9H2,1-2H3. The highest BCUT2D eigenvalue weighted by molar-refractivity contribution is 5.10. The molecule has 0 aromatic heterocycles. The molecular formula is C18H27F3. The number of fused-ring (bicyclic) bond motifs is 4. The summed E-state index contributed by atoms with van der Waals surface area (Å²) < 4.78 is 42.2. The molecule has 0 radical (unpaired) electrons. The Kier molecular flexibility index (Phi) is 3.02. The summed E-state index contributed by atoms with van der Waals surface area (Å²) in [5, 5.41) is 0. The van der Waals surface area contributed by atoms with Crippen LogP contribution in [0.25, 0.3) is 0 Å². The highest BCUT2D eigenvalue weighted by Crippen LogP contribution is 2.69. The van der Waals surface area contributed by atoms with Crippen molar-refractivity contribution in [1.29, 1.82) is 0 Å². The smallest absolute Gasteiger partial charge is 0.170 e. The summed E-state index contributed by atoms with van der Waals surface area (Å²) in [6.07, 6.45) is 2.51. The van der Waals surface area contributed by atoms with Gasteiger partial charge in [0.25, 0.3) is 0 Å². The van der Waals surface area contributed by atoms with E-state index >= 15 is 0 Å². The van der Waals surface area contributed by atoms with Gasteiger partial charge in [0.2, 0.25) is 0 Å². The molecule has 4 aliphatic rings. The highest BCUT2D eigenvalue weighted by Gasteiger charge is 2.69. The Morgan fingerprint density at radius 2 is 1.71 bits per heavy atom. The van der Waals surface area contributed by atoms with Gasteiger partial charge in [-0.2, -0.15) is 13.2 Å². The molecule has 3 heteroatoms. The Hall–Kier alpha value is -0.210. The maximum Gasteiger partial charge on any atom is 0.394 e. The molecule has 4 aliphatic carbocycles. The van der Waals surface area contributed by atoms with Crippen LogP contribution in [0.2, 0.25) is 0 Å². The first kappa shape index (κ1) is 14.4. The van der Waals surface area contributed by atoms with Crippen molar-refractivity contribution in [3.8, 4) is 0 Å². The van der Waals surface area contributed by atoms with Crippen molar-refractivity contribution in [2.75, 3.05) is 0 Å². The van der Waals surface area contributed by atoms with E-state index < -0.39 is 11.6 Å². The first-order valence-corrected chi connectivity index (χ1v) is 8.88. The summed E-state index contributed by atoms with van der Waals surface area (Å²) in [6, 6.07) is 0. The van der Waals surface area contributed by atoms with Gasteiger partial charge in [-0.1, -0.05) is 20.3 Å². The Bertz CT molecular complexity index is 427. The van der Waals surface area contributed by atoms with Crippen molar-refractivity contribution in [1.82, 2.24) is 0 Å². The first-order chi connectivity index (χ1) is 9.82. The van der Waals surface area contributed by atoms with Gasteiger partial charge in [-0.25, -0.2) is 0 Å². The third kappa shape index (κ3) is 1.88. The zero-order valence-corrected chi connectivity index (χ0v) is 13.1. The van der Waals surface area contributed by atoms with Gasteiger partial charge in [0.1, 0.15) is 0 Å². The van der Waals surface area contributed by atoms with Crippen LogP contribution < -0.4 is 0 Å². The van der Waals surface area contributed by atoms with Crippen molar-refractivity contribution in [3.05, 3.63) is 0 Å². The van der Waals surface area contributed by atoms with Crippen LogP contribution in [0.3, 0.4) is 0 Å². The Labute approximate surface area is 125 Å². The highest BCUT2D eigenvalue weighted by atomic mass is 19.4. The molecular weight excluding hydrogens is 273 g/mol. The third-order valence-electron chi connectivity index (χ3n) is 8.18. The zero-order chi connectivity index (χ0) is 15.0. The van der Waals surface area contributed by atoms with Crippen LogP contribution in [0.15, 0.2) is 0 Å². The lowest BCUT2D eigenvalue weighted by molar-refractivity contribution is -0.256. The molecule has 4 fully saturated rings. The van der Waals surface area contributed by atoms with Gasteiger partial charge in [0, 0.05) is 0 Å². The van der Waals surface area contributed by atoms with Crippen LogP contribution in [-0.4, -0.2) is 6.18 Å². The maximum absolute atomic E-state index is 14.1. The fourth-order valence-corrected chi connectivity index (χ4v) is 6.94. The molecule has 0 saturated heterocycles. The molecule has 0 nitrogen and oxygen atoms in total. The van der Waals surface area contributed by atoms with Gasteiger partial charge in [-0.3, -0.25) is 0 Å². The van der Waals surface area contributed by atoms with Gasteiger partial charge >= 0.3 is 6.18 Å². The minimum Gasteiger partial charge on any atom is -0.170 e. The molecule has 8 unspecified atom stereocenters. The molecule has 8 atom stereocenters. The van der Waals surface area contributed by atoms with Crippen LogP contribution in [0.1, 0.15) is 58.8 Å². The number of hydrogen-bond acceptors (Lipinski definition) is 0. The van der Waals surface area contributed by atoms with E-state index in [1.807, 2.05) is 0 Å². The molecule has 0 spiro atoms. The largest absolute Gasteiger partial charge is 0.394 e. The zero-order valence-electron chi connectivity index (χ0n) is 13.1. The van der Waals surface area contributed by atoms with Gasteiger partial charge in [0.15, 0.2) is 0 Å². The van der Waals surface area contributed by atoms with Crippen LogP contribution in [-0.2, 0) is 0 Å². The Morgan fingerprint density at radius 1 is 0.952 bits per heavy atom. The van der Waals surface area contributed by atoms with Crippen molar-refractivity contribution in [2.24, 2.45) is 46.8 Å². The minimum atomic E-state index is -4.00. The average Bonchev–Trinajstić information content (AvgIpc) is 3.12. The van der Waals surface area contributed by atoms with E-state index in [9.17, 15) is 13.2 Å². The fraction of sp³-hybridized carbons (Fsp3) is 1.00. The predicted octanol–water partition coefficient (Wildman–Crippen LogP) is 5.67. The van der Waals surface area contributed by atoms with E-state index in [1.165, 1.54) is 19.3 Å². The molecule has 0 amide bonds. The topological polar surface area (TPSA) is 0 Å². The van der Waals surface area contributed by atoms with Gasteiger partial charge in [-0.05, 0) is 80.0 Å². The lowest BCUT2D eigenvalue weighted by Gasteiger charge is -2.46. The second-order valence-electron chi connectivity index (χ2n) is 8.82. The molecule has 120 valence electrons. The second-order valence-corrected chi connectivity index (χ2v) is 8.82. The molecule has 4 bridgehead atoms. The summed E-state index contributed by atoms with van der Waals surface area (Å²) in [6.45, 7) is 4.25. The number of alkyl halides is 3. The van der Waals surface area contributed by atoms with Crippen molar-refractivity contribution >= 4 is 0 Å². The van der Waals surface area contributed by atoms with Gasteiger partial charge in [-0.15, -0.1) is 0 Å². The van der Waals surface area contributed by atoms with E-state index in [-0.39, 0.29) is 11.8 Å². The SMILES string of the molecule is CC1C2CC(C1C)C(CC1CC3CCC1C3)(C(F)(F)F)C2. The lowest BCUT2D eigenvalue weighted by atomic mass is 9.60. The first-order valence-electron chi connectivity index (χ1n) is 8.88. The van der Waals surface area contributed by atoms with Crippen LogP contribution in [0.5, 0.6) is 0 Å². The van der Waals surface area contributed by atoms with Crippen LogP contribution in [0.4, 0.5) is 13.2 Å². The number of halogens is 3. The summed E-state index contributed by atoms with van der Waals surface area (Å²) >= 11 is 0. The predicted molar refractivity (Wildman–Crippen MR) is 76.6 cm³/mol. The van der Waals surface area contributed by atoms with Gasteiger partial charge in [0.05, 0.1) is 5.41 Å². The fourth-order valence-electron chi connectivity index (χ4n) is 6.94. The van der Waals surface area contributed by atoms with Crippen LogP contribution >= 0.6 is 0 Å². The number of hydrogen-bond donors (Lipinski definition) is 0. The Morgan fingerprint density at radius 3 is 2.19 bits per heavy atom. The van der Waals surface area contributed by atoms with Crippen molar-refractivity contribution in [3.63, 3.8) is 0 Å². The normalized spacial score (nSPS) is 55.6. The third-order valence-corrected chi connectivity index (χ3v) is 8.18. The van der Waals surface area contributed by atoms with E-state index in [2.05, 4.69) is 13.8 Å². The lowest BCUT2D eigenvalue weighted by Crippen LogP contribution is -2.48.